The van der Waals surface area contributed by atoms with Gasteiger partial charge in [-0.25, -0.2) is 15.0 Å². The Balaban J connectivity index is 1.82. The molecule has 3 N–H and O–H groups in total. The number of imidazole rings is 1. The highest BCUT2D eigenvalue weighted by Gasteiger charge is 2.20. The van der Waals surface area contributed by atoms with E-state index in [9.17, 15) is 10.1 Å². The molecular formula is C11H6N8O2S2. The Morgan fingerprint density at radius 1 is 1.26 bits per heavy atom. The van der Waals surface area contributed by atoms with Crippen LogP contribution in [0.25, 0.3) is 22.2 Å². The molecule has 3 heterocycles. The number of aromatic nitrogens is 6. The van der Waals surface area contributed by atoms with E-state index < -0.39 is 4.92 Å². The molecule has 0 radical (unpaired) electrons. The van der Waals surface area contributed by atoms with E-state index in [2.05, 4.69) is 28.7 Å². The number of benzene rings is 1. The summed E-state index contributed by atoms with van der Waals surface area (Å²) in [6.45, 7) is 0. The van der Waals surface area contributed by atoms with Crippen molar-refractivity contribution >= 4 is 57.2 Å². The van der Waals surface area contributed by atoms with Crippen molar-refractivity contribution in [3.05, 3.63) is 28.6 Å². The first-order chi connectivity index (χ1) is 11.1. The molecule has 0 saturated heterocycles. The van der Waals surface area contributed by atoms with Crippen LogP contribution in [0.3, 0.4) is 0 Å². The number of anilines is 1. The third kappa shape index (κ3) is 2.33. The van der Waals surface area contributed by atoms with Crippen LogP contribution in [-0.4, -0.2) is 33.6 Å². The highest BCUT2D eigenvalue weighted by molar-refractivity contribution is 7.99. The van der Waals surface area contributed by atoms with Crippen molar-refractivity contribution in [3.63, 3.8) is 0 Å². The molecule has 0 fully saturated rings. The number of nitrogens with zero attached hydrogens (tertiary/aromatic N) is 6. The zero-order valence-corrected chi connectivity index (χ0v) is 12.8. The highest BCUT2D eigenvalue weighted by atomic mass is 32.2. The summed E-state index contributed by atoms with van der Waals surface area (Å²) >= 11 is 2.10. The van der Waals surface area contributed by atoms with E-state index in [-0.39, 0.29) is 11.5 Å². The largest absolute Gasteiger partial charge is 0.382 e. The van der Waals surface area contributed by atoms with Crippen LogP contribution >= 0.6 is 23.5 Å². The Morgan fingerprint density at radius 2 is 2.04 bits per heavy atom. The molecule has 0 saturated carbocycles. The van der Waals surface area contributed by atoms with Gasteiger partial charge in [0.1, 0.15) is 22.9 Å². The van der Waals surface area contributed by atoms with Crippen LogP contribution in [0, 0.1) is 10.1 Å². The zero-order valence-electron chi connectivity index (χ0n) is 11.1. The lowest BCUT2D eigenvalue weighted by Gasteiger charge is -2.00. The van der Waals surface area contributed by atoms with Gasteiger partial charge in [0, 0.05) is 6.07 Å². The van der Waals surface area contributed by atoms with Gasteiger partial charge in [-0.2, -0.15) is 8.75 Å². The second kappa shape index (κ2) is 5.10. The molecule has 12 heteroatoms. The molecule has 0 aliphatic carbocycles. The van der Waals surface area contributed by atoms with Gasteiger partial charge in [0.15, 0.2) is 16.6 Å². The summed E-state index contributed by atoms with van der Waals surface area (Å²) in [6, 6.07) is 3.02. The second-order valence-corrected chi connectivity index (χ2v) is 5.99. The fraction of sp³-hybridized carbons (Fsp3) is 0. The molecule has 0 amide bonds. The Kier molecular flexibility index (Phi) is 3.06. The van der Waals surface area contributed by atoms with E-state index in [4.69, 9.17) is 5.73 Å². The SMILES string of the molecule is Nc1ncnc2nc(Sc3cc4nsnc4cc3[N+](=O)[O-])[nH]c12. The van der Waals surface area contributed by atoms with Gasteiger partial charge in [0.05, 0.1) is 21.5 Å². The van der Waals surface area contributed by atoms with Crippen LogP contribution in [0.5, 0.6) is 0 Å². The molecule has 0 spiro atoms. The van der Waals surface area contributed by atoms with Crippen LogP contribution in [-0.2, 0) is 0 Å². The molecule has 0 aliphatic rings. The van der Waals surface area contributed by atoms with Crippen LogP contribution < -0.4 is 5.73 Å². The van der Waals surface area contributed by atoms with Gasteiger partial charge in [-0.3, -0.25) is 10.1 Å². The molecule has 1 aromatic carbocycles. The van der Waals surface area contributed by atoms with Crippen molar-refractivity contribution < 1.29 is 4.92 Å². The number of nitro benzene ring substituents is 1. The topological polar surface area (TPSA) is 149 Å². The van der Waals surface area contributed by atoms with Gasteiger partial charge in [0.2, 0.25) is 0 Å². The number of nitrogens with two attached hydrogens (primary N) is 1. The first-order valence-electron chi connectivity index (χ1n) is 6.16. The zero-order chi connectivity index (χ0) is 16.0. The Hall–Kier alpha value is -2.86. The summed E-state index contributed by atoms with van der Waals surface area (Å²) in [4.78, 5) is 26.3. The number of aromatic amines is 1. The summed E-state index contributed by atoms with van der Waals surface area (Å²) in [6.07, 6.45) is 1.31. The number of H-pyrrole nitrogens is 1. The standard InChI is InChI=1S/C11H6N8O2S2/c12-9-8-10(14-3-13-9)16-11(15-8)22-7-2-5-4(17-23-18-5)1-6(7)19(20)21/h1-3H,(H3,12,13,14,15,16). The Labute approximate surface area is 135 Å². The van der Waals surface area contributed by atoms with Gasteiger partial charge >= 0.3 is 0 Å². The molecule has 23 heavy (non-hydrogen) atoms. The van der Waals surface area contributed by atoms with Crippen molar-refractivity contribution in [1.82, 2.24) is 28.7 Å². The van der Waals surface area contributed by atoms with Gasteiger partial charge in [-0.15, -0.1) is 0 Å². The molecule has 10 nitrogen and oxygen atoms in total. The molecule has 0 aliphatic heterocycles. The van der Waals surface area contributed by atoms with Gasteiger partial charge in [-0.05, 0) is 17.8 Å². The normalized spacial score (nSPS) is 11.3. The lowest BCUT2D eigenvalue weighted by Crippen LogP contribution is -1.92. The average Bonchev–Trinajstić information content (AvgIpc) is 3.12. The van der Waals surface area contributed by atoms with Crippen LogP contribution in [0.4, 0.5) is 11.5 Å². The van der Waals surface area contributed by atoms with Crippen molar-refractivity contribution in [2.75, 3.05) is 5.73 Å². The van der Waals surface area contributed by atoms with Crippen LogP contribution in [0.15, 0.2) is 28.5 Å². The molecule has 0 bridgehead atoms. The minimum absolute atomic E-state index is 0.0605. The Morgan fingerprint density at radius 3 is 2.78 bits per heavy atom. The van der Waals surface area contributed by atoms with Crippen molar-refractivity contribution in [2.45, 2.75) is 10.1 Å². The maximum Gasteiger partial charge on any atom is 0.285 e. The fourth-order valence-corrected chi connectivity index (χ4v) is 3.41. The molecule has 0 atom stereocenters. The predicted octanol–water partition coefficient (Wildman–Crippen LogP) is 2.00. The van der Waals surface area contributed by atoms with Crippen LogP contribution in [0.2, 0.25) is 0 Å². The first-order valence-corrected chi connectivity index (χ1v) is 7.71. The fourth-order valence-electron chi connectivity index (χ4n) is 2.00. The van der Waals surface area contributed by atoms with E-state index >= 15 is 0 Å². The molecule has 4 aromatic rings. The monoisotopic (exact) mass is 346 g/mol. The predicted molar refractivity (Wildman–Crippen MR) is 84.3 cm³/mol. The smallest absolute Gasteiger partial charge is 0.285 e. The molecular weight excluding hydrogens is 340 g/mol. The quantitative estimate of drug-likeness (QED) is 0.419. The van der Waals surface area contributed by atoms with Crippen molar-refractivity contribution in [2.24, 2.45) is 0 Å². The van der Waals surface area contributed by atoms with E-state index in [1.807, 2.05) is 0 Å². The van der Waals surface area contributed by atoms with E-state index in [0.717, 1.165) is 23.5 Å². The summed E-state index contributed by atoms with van der Waals surface area (Å²) in [7, 11) is 0. The van der Waals surface area contributed by atoms with Crippen molar-refractivity contribution in [3.8, 4) is 0 Å². The molecule has 3 aromatic heterocycles. The minimum Gasteiger partial charge on any atom is -0.382 e. The number of hydrogen-bond donors (Lipinski definition) is 2. The second-order valence-electron chi connectivity index (χ2n) is 4.43. The van der Waals surface area contributed by atoms with Crippen LogP contribution in [0.1, 0.15) is 0 Å². The maximum atomic E-state index is 11.3. The number of nitrogen functional groups attached to an aromatic ring is 1. The molecule has 4 rings (SSSR count). The first kappa shape index (κ1) is 13.8. The highest BCUT2D eigenvalue weighted by Crippen LogP contribution is 2.36. The number of hydrogen-bond acceptors (Lipinski definition) is 10. The van der Waals surface area contributed by atoms with Crippen molar-refractivity contribution in [1.29, 1.82) is 0 Å². The minimum atomic E-state index is -0.460. The van der Waals surface area contributed by atoms with Gasteiger partial charge < -0.3 is 10.7 Å². The van der Waals surface area contributed by atoms with E-state index in [1.54, 1.807) is 6.07 Å². The van der Waals surface area contributed by atoms with Gasteiger partial charge in [-0.1, -0.05) is 0 Å². The van der Waals surface area contributed by atoms with Gasteiger partial charge in [0.25, 0.3) is 5.69 Å². The summed E-state index contributed by atoms with van der Waals surface area (Å²) < 4.78 is 8.11. The number of nitro groups is 1. The molecule has 114 valence electrons. The van der Waals surface area contributed by atoms with E-state index in [0.29, 0.717) is 32.2 Å². The third-order valence-electron chi connectivity index (χ3n) is 3.03. The number of nitrogens with one attached hydrogen (secondary N) is 1. The third-order valence-corrected chi connectivity index (χ3v) is 4.52. The number of rotatable bonds is 3. The molecule has 0 unspecified atom stereocenters. The summed E-state index contributed by atoms with van der Waals surface area (Å²) in [5.74, 6) is 0.267. The van der Waals surface area contributed by atoms with E-state index in [1.165, 1.54) is 12.4 Å². The lowest BCUT2D eigenvalue weighted by atomic mass is 10.3. The summed E-state index contributed by atoms with van der Waals surface area (Å²) in [5, 5.41) is 11.7. The lowest BCUT2D eigenvalue weighted by molar-refractivity contribution is -0.387. The summed E-state index contributed by atoms with van der Waals surface area (Å²) in [5.41, 5.74) is 7.67. The number of fused-ring (bicyclic) bond motifs is 2. The maximum absolute atomic E-state index is 11.3. The average molecular weight is 346 g/mol. The Bertz CT molecular complexity index is 1060.